The van der Waals surface area contributed by atoms with Crippen LogP contribution in [0.3, 0.4) is 0 Å². The number of nitrogens with zero attached hydrogens (tertiary/aromatic N) is 5. The van der Waals surface area contributed by atoms with E-state index in [0.29, 0.717) is 12.5 Å². The molecule has 0 aliphatic carbocycles. The monoisotopic (exact) mass is 340 g/mol. The lowest BCUT2D eigenvalue weighted by atomic mass is 9.92. The second-order valence-electron chi connectivity index (χ2n) is 6.51. The summed E-state index contributed by atoms with van der Waals surface area (Å²) in [5, 5.41) is 2.82. The number of aromatic nitrogens is 4. The van der Waals surface area contributed by atoms with Gasteiger partial charge in [0.05, 0.1) is 17.9 Å². The van der Waals surface area contributed by atoms with Crippen LogP contribution in [0.2, 0.25) is 0 Å². The minimum absolute atomic E-state index is 0.0570. The zero-order valence-electron chi connectivity index (χ0n) is 15.0. The average Bonchev–Trinajstić information content (AvgIpc) is 2.59. The zero-order chi connectivity index (χ0) is 17.8. The fourth-order valence-corrected chi connectivity index (χ4v) is 3.26. The van der Waals surface area contributed by atoms with Crippen molar-refractivity contribution in [2.24, 2.45) is 0 Å². The van der Waals surface area contributed by atoms with Gasteiger partial charge in [-0.05, 0) is 32.8 Å². The number of hydrogen-bond acceptors (Lipinski definition) is 6. The van der Waals surface area contributed by atoms with Gasteiger partial charge in [-0.3, -0.25) is 14.8 Å². The van der Waals surface area contributed by atoms with E-state index in [2.05, 4.69) is 30.2 Å². The van der Waals surface area contributed by atoms with Crippen LogP contribution < -0.4 is 10.2 Å². The van der Waals surface area contributed by atoms with E-state index >= 15 is 0 Å². The first kappa shape index (κ1) is 17.3. The van der Waals surface area contributed by atoms with Gasteiger partial charge >= 0.3 is 0 Å². The summed E-state index contributed by atoms with van der Waals surface area (Å²) >= 11 is 0. The molecule has 0 spiro atoms. The third-order valence-electron chi connectivity index (χ3n) is 4.45. The Balaban J connectivity index is 1.69. The summed E-state index contributed by atoms with van der Waals surface area (Å²) in [5.41, 5.74) is 3.85. The number of anilines is 1. The maximum absolute atomic E-state index is 11.2. The number of piperidine rings is 1. The molecule has 0 bridgehead atoms. The second-order valence-corrected chi connectivity index (χ2v) is 6.51. The SMILES string of the molecule is CC(=O)NCc1nccnc1C1CCN(c2nc(C)cc(C)n2)CC1. The second kappa shape index (κ2) is 7.55. The van der Waals surface area contributed by atoms with Crippen LogP contribution in [0.25, 0.3) is 0 Å². The molecule has 0 aromatic carbocycles. The Morgan fingerprint density at radius 1 is 1.16 bits per heavy atom. The van der Waals surface area contributed by atoms with Crippen LogP contribution in [0.5, 0.6) is 0 Å². The van der Waals surface area contributed by atoms with Crippen LogP contribution in [0, 0.1) is 13.8 Å². The summed E-state index contributed by atoms with van der Waals surface area (Å²) in [4.78, 5) is 31.5. The van der Waals surface area contributed by atoms with E-state index in [1.165, 1.54) is 6.92 Å². The Bertz CT molecular complexity index is 735. The van der Waals surface area contributed by atoms with Crippen molar-refractivity contribution in [3.8, 4) is 0 Å². The molecular weight excluding hydrogens is 316 g/mol. The highest BCUT2D eigenvalue weighted by Crippen LogP contribution is 2.29. The maximum atomic E-state index is 11.2. The van der Waals surface area contributed by atoms with Gasteiger partial charge in [0.1, 0.15) is 0 Å². The lowest BCUT2D eigenvalue weighted by Gasteiger charge is -2.32. The Morgan fingerprint density at radius 3 is 2.44 bits per heavy atom. The molecule has 0 unspecified atom stereocenters. The topological polar surface area (TPSA) is 83.9 Å². The zero-order valence-corrected chi connectivity index (χ0v) is 15.0. The van der Waals surface area contributed by atoms with Crippen molar-refractivity contribution < 1.29 is 4.79 Å². The van der Waals surface area contributed by atoms with E-state index in [-0.39, 0.29) is 5.91 Å². The third-order valence-corrected chi connectivity index (χ3v) is 4.45. The Kier molecular flexibility index (Phi) is 5.21. The van der Waals surface area contributed by atoms with Gasteiger partial charge in [0.2, 0.25) is 11.9 Å². The lowest BCUT2D eigenvalue weighted by Crippen LogP contribution is -2.35. The van der Waals surface area contributed by atoms with Crippen molar-refractivity contribution in [3.05, 3.63) is 41.2 Å². The Morgan fingerprint density at radius 2 is 1.80 bits per heavy atom. The highest BCUT2D eigenvalue weighted by Gasteiger charge is 2.25. The van der Waals surface area contributed by atoms with Gasteiger partial charge in [0, 0.05) is 49.7 Å². The van der Waals surface area contributed by atoms with E-state index < -0.39 is 0 Å². The van der Waals surface area contributed by atoms with Crippen LogP contribution in [0.1, 0.15) is 48.5 Å². The summed E-state index contributed by atoms with van der Waals surface area (Å²) in [6.45, 7) is 7.72. The largest absolute Gasteiger partial charge is 0.351 e. The number of rotatable bonds is 4. The van der Waals surface area contributed by atoms with Crippen LogP contribution in [-0.2, 0) is 11.3 Å². The van der Waals surface area contributed by atoms with Gasteiger partial charge in [0.15, 0.2) is 0 Å². The molecule has 1 aliphatic rings. The van der Waals surface area contributed by atoms with E-state index in [1.807, 2.05) is 19.9 Å². The number of hydrogen-bond donors (Lipinski definition) is 1. The summed E-state index contributed by atoms with van der Waals surface area (Å²) in [7, 11) is 0. The molecule has 2 aromatic heterocycles. The molecule has 1 saturated heterocycles. The number of nitrogens with one attached hydrogen (secondary N) is 1. The summed E-state index contributed by atoms with van der Waals surface area (Å²) in [5.74, 6) is 1.10. The molecule has 1 fully saturated rings. The number of aryl methyl sites for hydroxylation is 2. The van der Waals surface area contributed by atoms with Gasteiger partial charge < -0.3 is 10.2 Å². The van der Waals surface area contributed by atoms with Crippen molar-refractivity contribution in [2.75, 3.05) is 18.0 Å². The van der Waals surface area contributed by atoms with E-state index in [1.54, 1.807) is 12.4 Å². The molecular formula is C18H24N6O. The van der Waals surface area contributed by atoms with Gasteiger partial charge in [0.25, 0.3) is 0 Å². The molecule has 132 valence electrons. The number of amides is 1. The summed E-state index contributed by atoms with van der Waals surface area (Å²) in [6.07, 6.45) is 5.36. The van der Waals surface area contributed by atoms with Crippen LogP contribution in [-0.4, -0.2) is 38.9 Å². The first-order chi connectivity index (χ1) is 12.0. The highest BCUT2D eigenvalue weighted by atomic mass is 16.1. The normalized spacial score (nSPS) is 15.2. The molecule has 2 aromatic rings. The van der Waals surface area contributed by atoms with Crippen molar-refractivity contribution >= 4 is 11.9 Å². The molecule has 25 heavy (non-hydrogen) atoms. The molecule has 1 amide bonds. The van der Waals surface area contributed by atoms with Crippen molar-refractivity contribution in [1.29, 1.82) is 0 Å². The van der Waals surface area contributed by atoms with Gasteiger partial charge in [-0.2, -0.15) is 0 Å². The predicted octanol–water partition coefficient (Wildman–Crippen LogP) is 1.90. The van der Waals surface area contributed by atoms with E-state index in [9.17, 15) is 4.79 Å². The minimum atomic E-state index is -0.0570. The quantitative estimate of drug-likeness (QED) is 0.915. The van der Waals surface area contributed by atoms with Crippen molar-refractivity contribution in [2.45, 2.75) is 46.1 Å². The molecule has 3 rings (SSSR count). The predicted molar refractivity (Wildman–Crippen MR) is 95.2 cm³/mol. The van der Waals surface area contributed by atoms with Crippen molar-refractivity contribution in [1.82, 2.24) is 25.3 Å². The van der Waals surface area contributed by atoms with E-state index in [4.69, 9.17) is 0 Å². The standard InChI is InChI=1S/C18H24N6O/c1-12-10-13(2)23-18(22-12)24-8-4-15(5-9-24)17-16(11-21-14(3)25)19-6-7-20-17/h6-7,10,15H,4-5,8-9,11H2,1-3H3,(H,21,25). The van der Waals surface area contributed by atoms with Gasteiger partial charge in [-0.1, -0.05) is 0 Å². The van der Waals surface area contributed by atoms with Crippen LogP contribution >= 0.6 is 0 Å². The molecule has 1 aliphatic heterocycles. The first-order valence-corrected chi connectivity index (χ1v) is 8.64. The summed E-state index contributed by atoms with van der Waals surface area (Å²) in [6, 6.07) is 1.99. The lowest BCUT2D eigenvalue weighted by molar-refractivity contribution is -0.119. The summed E-state index contributed by atoms with van der Waals surface area (Å²) < 4.78 is 0. The van der Waals surface area contributed by atoms with Crippen LogP contribution in [0.15, 0.2) is 18.5 Å². The van der Waals surface area contributed by atoms with Gasteiger partial charge in [-0.15, -0.1) is 0 Å². The maximum Gasteiger partial charge on any atom is 0.225 e. The molecule has 3 heterocycles. The Hall–Kier alpha value is -2.57. The molecule has 1 N–H and O–H groups in total. The minimum Gasteiger partial charge on any atom is -0.351 e. The first-order valence-electron chi connectivity index (χ1n) is 8.64. The Labute approximate surface area is 147 Å². The molecule has 7 nitrogen and oxygen atoms in total. The molecule has 0 radical (unpaired) electrons. The van der Waals surface area contributed by atoms with Crippen LogP contribution in [0.4, 0.5) is 5.95 Å². The van der Waals surface area contributed by atoms with E-state index in [0.717, 1.165) is 54.7 Å². The highest BCUT2D eigenvalue weighted by molar-refractivity contribution is 5.72. The molecule has 7 heteroatoms. The average molecular weight is 340 g/mol. The number of carbonyl (C=O) groups excluding carboxylic acids is 1. The van der Waals surface area contributed by atoms with Crippen molar-refractivity contribution in [3.63, 3.8) is 0 Å². The fraction of sp³-hybridized carbons (Fsp3) is 0.500. The molecule has 0 saturated carbocycles. The smallest absolute Gasteiger partial charge is 0.225 e. The number of carbonyl (C=O) groups is 1. The fourth-order valence-electron chi connectivity index (χ4n) is 3.26. The van der Waals surface area contributed by atoms with Gasteiger partial charge in [-0.25, -0.2) is 9.97 Å². The molecule has 0 atom stereocenters. The third kappa shape index (κ3) is 4.29.